The molecule has 0 aliphatic rings. The summed E-state index contributed by atoms with van der Waals surface area (Å²) in [6.45, 7) is 9.75. The Morgan fingerprint density at radius 1 is 1.14 bits per heavy atom. The van der Waals surface area contributed by atoms with E-state index in [1.54, 1.807) is 7.05 Å². The van der Waals surface area contributed by atoms with Crippen molar-refractivity contribution in [3.8, 4) is 5.69 Å². The number of nitrogens with zero attached hydrogens (tertiary/aromatic N) is 3. The molecule has 0 saturated carbocycles. The molecule has 0 saturated heterocycles. The summed E-state index contributed by atoms with van der Waals surface area (Å²) < 4.78 is 7.55. The van der Waals surface area contributed by atoms with Gasteiger partial charge in [0, 0.05) is 39.5 Å². The van der Waals surface area contributed by atoms with E-state index in [1.165, 1.54) is 5.56 Å². The van der Waals surface area contributed by atoms with Crippen LogP contribution < -0.4 is 10.6 Å². The number of hydrogen-bond acceptors (Lipinski definition) is 3. The minimum absolute atomic E-state index is 0.589. The number of para-hydroxylation sites is 1. The fourth-order valence-corrected chi connectivity index (χ4v) is 2.86. The Hall–Kier alpha value is -2.34. The maximum Gasteiger partial charge on any atom is 0.190 e. The first kappa shape index (κ1) is 22.0. The van der Waals surface area contributed by atoms with Gasteiger partial charge in [0.1, 0.15) is 0 Å². The summed E-state index contributed by atoms with van der Waals surface area (Å²) in [6.07, 6.45) is 5.13. The van der Waals surface area contributed by atoms with Crippen LogP contribution in [-0.4, -0.2) is 49.1 Å². The normalized spacial score (nSPS) is 11.8. The van der Waals surface area contributed by atoms with Crippen LogP contribution >= 0.6 is 0 Å². The lowest BCUT2D eigenvalue weighted by molar-refractivity contribution is 0.108. The van der Waals surface area contributed by atoms with Gasteiger partial charge in [-0.1, -0.05) is 32.0 Å². The van der Waals surface area contributed by atoms with Crippen LogP contribution in [0.3, 0.4) is 0 Å². The van der Waals surface area contributed by atoms with Crippen molar-refractivity contribution in [2.24, 2.45) is 10.9 Å². The summed E-state index contributed by atoms with van der Waals surface area (Å²) in [7, 11) is 1.80. The van der Waals surface area contributed by atoms with Crippen molar-refractivity contribution < 1.29 is 4.74 Å². The smallest absolute Gasteiger partial charge is 0.190 e. The number of benzene rings is 1. The largest absolute Gasteiger partial charge is 0.381 e. The van der Waals surface area contributed by atoms with E-state index in [9.17, 15) is 0 Å². The monoisotopic (exact) mass is 385 g/mol. The van der Waals surface area contributed by atoms with E-state index in [0.717, 1.165) is 62.9 Å². The fourth-order valence-electron chi connectivity index (χ4n) is 2.86. The Labute approximate surface area is 169 Å². The van der Waals surface area contributed by atoms with Gasteiger partial charge in [0.15, 0.2) is 5.96 Å². The maximum atomic E-state index is 5.59. The molecule has 2 N–H and O–H groups in total. The zero-order chi connectivity index (χ0) is 20.2. The van der Waals surface area contributed by atoms with Gasteiger partial charge in [-0.25, -0.2) is 4.68 Å². The highest BCUT2D eigenvalue weighted by atomic mass is 16.5. The standard InChI is InChI=1S/C22H35N5O/c1-18(2)17-28-15-9-14-25-22(23-4)24-13-8-10-20-16-27(26-19(20)3)21-11-6-5-7-12-21/h5-7,11-12,16,18H,8-10,13-15,17H2,1-4H3,(H2,23,24,25). The van der Waals surface area contributed by atoms with Crippen molar-refractivity contribution >= 4 is 5.96 Å². The Morgan fingerprint density at radius 3 is 2.54 bits per heavy atom. The molecule has 6 nitrogen and oxygen atoms in total. The molecule has 0 fully saturated rings. The number of aliphatic imine (C=N–C) groups is 1. The van der Waals surface area contributed by atoms with Gasteiger partial charge in [0.05, 0.1) is 11.4 Å². The molecule has 0 aliphatic carbocycles. The van der Waals surface area contributed by atoms with Gasteiger partial charge >= 0.3 is 0 Å². The lowest BCUT2D eigenvalue weighted by Crippen LogP contribution is -2.38. The third-order valence-electron chi connectivity index (χ3n) is 4.37. The molecule has 154 valence electrons. The molecule has 2 rings (SSSR count). The minimum Gasteiger partial charge on any atom is -0.381 e. The lowest BCUT2D eigenvalue weighted by atomic mass is 10.1. The molecule has 1 heterocycles. The molecule has 2 aromatic rings. The van der Waals surface area contributed by atoms with Gasteiger partial charge in [-0.05, 0) is 49.8 Å². The molecule has 0 amide bonds. The Balaban J connectivity index is 1.65. The molecule has 0 atom stereocenters. The Morgan fingerprint density at radius 2 is 1.86 bits per heavy atom. The van der Waals surface area contributed by atoms with Crippen LogP contribution in [0.2, 0.25) is 0 Å². The molecule has 0 radical (unpaired) electrons. The predicted octanol–water partition coefficient (Wildman–Crippen LogP) is 3.34. The number of guanidine groups is 1. The third-order valence-corrected chi connectivity index (χ3v) is 4.37. The van der Waals surface area contributed by atoms with E-state index >= 15 is 0 Å². The van der Waals surface area contributed by atoms with Gasteiger partial charge in [0.2, 0.25) is 0 Å². The van der Waals surface area contributed by atoms with Crippen LogP contribution in [0.5, 0.6) is 0 Å². The molecule has 0 bridgehead atoms. The van der Waals surface area contributed by atoms with E-state index in [4.69, 9.17) is 4.74 Å². The molecular formula is C22H35N5O. The second-order valence-corrected chi connectivity index (χ2v) is 7.37. The van der Waals surface area contributed by atoms with Crippen molar-refractivity contribution in [2.45, 2.75) is 40.0 Å². The first-order valence-corrected chi connectivity index (χ1v) is 10.2. The maximum absolute atomic E-state index is 5.59. The summed E-state index contributed by atoms with van der Waals surface area (Å²) >= 11 is 0. The number of ether oxygens (including phenoxy) is 1. The van der Waals surface area contributed by atoms with Crippen LogP contribution in [0.25, 0.3) is 5.69 Å². The second-order valence-electron chi connectivity index (χ2n) is 7.37. The first-order chi connectivity index (χ1) is 13.6. The number of hydrogen-bond donors (Lipinski definition) is 2. The zero-order valence-corrected chi connectivity index (χ0v) is 17.7. The van der Waals surface area contributed by atoms with Crippen molar-refractivity contribution in [3.63, 3.8) is 0 Å². The zero-order valence-electron chi connectivity index (χ0n) is 17.7. The summed E-state index contributed by atoms with van der Waals surface area (Å²) in [5.41, 5.74) is 3.47. The molecule has 1 aromatic carbocycles. The highest BCUT2D eigenvalue weighted by Gasteiger charge is 2.06. The van der Waals surface area contributed by atoms with Crippen molar-refractivity contribution in [3.05, 3.63) is 47.8 Å². The second kappa shape index (κ2) is 12.2. The van der Waals surface area contributed by atoms with Crippen LogP contribution in [0.4, 0.5) is 0 Å². The number of aromatic nitrogens is 2. The van der Waals surface area contributed by atoms with Crippen LogP contribution in [0, 0.1) is 12.8 Å². The van der Waals surface area contributed by atoms with Crippen LogP contribution in [0.1, 0.15) is 37.9 Å². The van der Waals surface area contributed by atoms with Gasteiger partial charge in [-0.15, -0.1) is 0 Å². The van der Waals surface area contributed by atoms with E-state index < -0.39 is 0 Å². The first-order valence-electron chi connectivity index (χ1n) is 10.2. The molecule has 0 spiro atoms. The fraction of sp³-hybridized carbons (Fsp3) is 0.545. The average molecular weight is 386 g/mol. The van der Waals surface area contributed by atoms with E-state index in [1.807, 2.05) is 22.9 Å². The predicted molar refractivity (Wildman–Crippen MR) is 116 cm³/mol. The number of aryl methyl sites for hydroxylation is 2. The minimum atomic E-state index is 0.589. The quantitative estimate of drug-likeness (QED) is 0.354. The molecular weight excluding hydrogens is 350 g/mol. The van der Waals surface area contributed by atoms with Crippen LogP contribution in [-0.2, 0) is 11.2 Å². The Bertz CT molecular complexity index is 709. The van der Waals surface area contributed by atoms with Gasteiger partial charge < -0.3 is 15.4 Å². The molecule has 28 heavy (non-hydrogen) atoms. The van der Waals surface area contributed by atoms with Crippen molar-refractivity contribution in [1.29, 1.82) is 0 Å². The third kappa shape index (κ3) is 7.72. The summed E-state index contributed by atoms with van der Waals surface area (Å²) in [6, 6.07) is 10.2. The van der Waals surface area contributed by atoms with Crippen molar-refractivity contribution in [2.75, 3.05) is 33.4 Å². The summed E-state index contributed by atoms with van der Waals surface area (Å²) in [4.78, 5) is 4.28. The SMILES string of the molecule is CN=C(NCCCOCC(C)C)NCCCc1cn(-c2ccccc2)nc1C. The van der Waals surface area contributed by atoms with E-state index in [-0.39, 0.29) is 0 Å². The van der Waals surface area contributed by atoms with Gasteiger partial charge in [-0.3, -0.25) is 4.99 Å². The highest BCUT2D eigenvalue weighted by molar-refractivity contribution is 5.79. The lowest BCUT2D eigenvalue weighted by Gasteiger charge is -2.12. The average Bonchev–Trinajstić information content (AvgIpc) is 3.07. The molecule has 0 aliphatic heterocycles. The molecule has 6 heteroatoms. The van der Waals surface area contributed by atoms with E-state index in [0.29, 0.717) is 5.92 Å². The van der Waals surface area contributed by atoms with Gasteiger partial charge in [-0.2, -0.15) is 5.10 Å². The number of nitrogens with one attached hydrogen (secondary N) is 2. The number of rotatable bonds is 11. The summed E-state index contributed by atoms with van der Waals surface area (Å²) in [5, 5.41) is 11.3. The van der Waals surface area contributed by atoms with Crippen molar-refractivity contribution in [1.82, 2.24) is 20.4 Å². The highest BCUT2D eigenvalue weighted by Crippen LogP contribution is 2.13. The van der Waals surface area contributed by atoms with Crippen LogP contribution in [0.15, 0.2) is 41.5 Å². The topological polar surface area (TPSA) is 63.5 Å². The van der Waals surface area contributed by atoms with Gasteiger partial charge in [0.25, 0.3) is 0 Å². The summed E-state index contributed by atoms with van der Waals surface area (Å²) in [5.74, 6) is 1.44. The Kier molecular flexibility index (Phi) is 9.55. The molecule has 0 unspecified atom stereocenters. The molecule has 1 aromatic heterocycles. The van der Waals surface area contributed by atoms with E-state index in [2.05, 4.69) is 59.8 Å².